The van der Waals surface area contributed by atoms with Gasteiger partial charge in [-0.15, -0.1) is 11.8 Å². The molecule has 0 saturated heterocycles. The van der Waals surface area contributed by atoms with Crippen molar-refractivity contribution < 1.29 is 0 Å². The van der Waals surface area contributed by atoms with E-state index < -0.39 is 0 Å². The summed E-state index contributed by atoms with van der Waals surface area (Å²) >= 11 is 1.81. The Morgan fingerprint density at radius 3 is 2.25 bits per heavy atom. The first-order valence-corrected chi connectivity index (χ1v) is 3.90. The van der Waals surface area contributed by atoms with E-state index in [1.807, 2.05) is 20.0 Å². The maximum Gasteiger partial charge on any atom is 0.0730 e. The molecule has 0 aliphatic carbocycles. The molecule has 0 amide bonds. The molecule has 0 aromatic carbocycles. The van der Waals surface area contributed by atoms with E-state index in [0.29, 0.717) is 5.37 Å². The highest BCUT2D eigenvalue weighted by molar-refractivity contribution is 8.02. The van der Waals surface area contributed by atoms with Gasteiger partial charge in [0.2, 0.25) is 0 Å². The van der Waals surface area contributed by atoms with Gasteiger partial charge in [0.1, 0.15) is 0 Å². The van der Waals surface area contributed by atoms with Gasteiger partial charge in [0.15, 0.2) is 0 Å². The lowest BCUT2D eigenvalue weighted by Gasteiger charge is -1.96. The molecule has 1 rings (SSSR count). The smallest absolute Gasteiger partial charge is 0.0730 e. The normalized spacial score (nSPS) is 23.6. The molecule has 1 unspecified atom stereocenters. The van der Waals surface area contributed by atoms with Gasteiger partial charge in [-0.1, -0.05) is 13.8 Å². The van der Waals surface area contributed by atoms with Crippen molar-refractivity contribution in [3.63, 3.8) is 0 Å². The third kappa shape index (κ3) is 2.97. The summed E-state index contributed by atoms with van der Waals surface area (Å²) in [6.07, 6.45) is 1.97. The summed E-state index contributed by atoms with van der Waals surface area (Å²) in [4.78, 5) is 0. The van der Waals surface area contributed by atoms with E-state index in [2.05, 4.69) is 17.6 Å². The zero-order chi connectivity index (χ0) is 6.41. The Morgan fingerprint density at radius 2 is 2.12 bits per heavy atom. The highest BCUT2D eigenvalue weighted by atomic mass is 32.2. The van der Waals surface area contributed by atoms with Crippen LogP contribution in [-0.4, -0.2) is 5.37 Å². The molecular weight excluding hydrogens is 118 g/mol. The predicted molar refractivity (Wildman–Crippen MR) is 40.7 cm³/mol. The zero-order valence-corrected chi connectivity index (χ0v) is 6.46. The van der Waals surface area contributed by atoms with Crippen LogP contribution in [0.25, 0.3) is 0 Å². The van der Waals surface area contributed by atoms with Gasteiger partial charge in [-0.25, -0.2) is 0 Å². The maximum atomic E-state index is 3.10. The van der Waals surface area contributed by atoms with Crippen molar-refractivity contribution in [1.82, 2.24) is 5.32 Å². The highest BCUT2D eigenvalue weighted by Gasteiger charge is 1.98. The fraction of sp³-hybridized carbons (Fsp3) is 0.667. The predicted octanol–water partition coefficient (Wildman–Crippen LogP) is 2.17. The largest absolute Gasteiger partial charge is 0.379 e. The molecule has 1 nitrogen and oxygen atoms in total. The van der Waals surface area contributed by atoms with Gasteiger partial charge in [-0.3, -0.25) is 0 Å². The molecule has 1 atom stereocenters. The first-order valence-electron chi connectivity index (χ1n) is 2.96. The van der Waals surface area contributed by atoms with Gasteiger partial charge < -0.3 is 5.32 Å². The van der Waals surface area contributed by atoms with E-state index in [-0.39, 0.29) is 0 Å². The Balaban J connectivity index is 0.000000222. The first-order chi connectivity index (χ1) is 3.89. The van der Waals surface area contributed by atoms with Crippen LogP contribution in [0.15, 0.2) is 11.6 Å². The minimum Gasteiger partial charge on any atom is -0.379 e. The molecule has 1 N–H and O–H groups in total. The number of thioether (sulfide) groups is 1. The summed E-state index contributed by atoms with van der Waals surface area (Å²) in [5, 5.41) is 5.76. The lowest BCUT2D eigenvalue weighted by Crippen LogP contribution is -2.09. The average Bonchev–Trinajstić information content (AvgIpc) is 2.24. The molecule has 0 fully saturated rings. The molecule has 1 heterocycles. The van der Waals surface area contributed by atoms with E-state index in [0.717, 1.165) is 0 Å². The summed E-state index contributed by atoms with van der Waals surface area (Å²) < 4.78 is 0. The van der Waals surface area contributed by atoms with Gasteiger partial charge in [-0.05, 0) is 12.3 Å². The van der Waals surface area contributed by atoms with Crippen molar-refractivity contribution in [2.45, 2.75) is 26.1 Å². The third-order valence-corrected chi connectivity index (χ3v) is 1.52. The quantitative estimate of drug-likeness (QED) is 0.540. The number of nitrogens with one attached hydrogen (secondary N) is 1. The lowest BCUT2D eigenvalue weighted by molar-refractivity contribution is 0.874. The second-order valence-corrected chi connectivity index (χ2v) is 2.50. The molecule has 0 bridgehead atoms. The van der Waals surface area contributed by atoms with Crippen LogP contribution in [-0.2, 0) is 0 Å². The van der Waals surface area contributed by atoms with E-state index >= 15 is 0 Å². The van der Waals surface area contributed by atoms with Crippen molar-refractivity contribution in [3.05, 3.63) is 11.6 Å². The second kappa shape index (κ2) is 5.04. The Kier molecular flexibility index (Phi) is 4.97. The lowest BCUT2D eigenvalue weighted by atomic mass is 10.7. The molecule has 1 aliphatic rings. The Labute approximate surface area is 55.5 Å². The van der Waals surface area contributed by atoms with Gasteiger partial charge in [0, 0.05) is 6.20 Å². The van der Waals surface area contributed by atoms with Crippen molar-refractivity contribution >= 4 is 11.8 Å². The summed E-state index contributed by atoms with van der Waals surface area (Å²) in [6, 6.07) is 0. The third-order valence-electron chi connectivity index (χ3n) is 0.682. The van der Waals surface area contributed by atoms with Crippen LogP contribution in [0.2, 0.25) is 0 Å². The monoisotopic (exact) mass is 131 g/mol. The number of rotatable bonds is 0. The van der Waals surface area contributed by atoms with E-state index in [4.69, 9.17) is 0 Å². The second-order valence-electron chi connectivity index (χ2n) is 1.25. The van der Waals surface area contributed by atoms with Gasteiger partial charge in [0.05, 0.1) is 5.37 Å². The van der Waals surface area contributed by atoms with Gasteiger partial charge in [-0.2, -0.15) is 0 Å². The van der Waals surface area contributed by atoms with E-state index in [1.54, 1.807) is 11.8 Å². The summed E-state index contributed by atoms with van der Waals surface area (Å²) in [5.41, 5.74) is 0. The molecule has 0 aromatic rings. The Morgan fingerprint density at radius 1 is 1.50 bits per heavy atom. The van der Waals surface area contributed by atoms with Crippen LogP contribution in [0.4, 0.5) is 0 Å². The summed E-state index contributed by atoms with van der Waals surface area (Å²) in [7, 11) is 0. The van der Waals surface area contributed by atoms with E-state index in [9.17, 15) is 0 Å². The highest BCUT2D eigenvalue weighted by Crippen LogP contribution is 2.12. The topological polar surface area (TPSA) is 12.0 Å². The van der Waals surface area contributed by atoms with Gasteiger partial charge in [0.25, 0.3) is 0 Å². The average molecular weight is 131 g/mol. The van der Waals surface area contributed by atoms with Crippen LogP contribution < -0.4 is 5.32 Å². The van der Waals surface area contributed by atoms with Crippen molar-refractivity contribution in [2.75, 3.05) is 0 Å². The SMILES string of the molecule is CC.CC1NC=CS1. The zero-order valence-electron chi connectivity index (χ0n) is 5.64. The molecule has 0 aromatic heterocycles. The molecule has 8 heavy (non-hydrogen) atoms. The molecule has 1 aliphatic heterocycles. The van der Waals surface area contributed by atoms with Crippen LogP contribution >= 0.6 is 11.8 Å². The minimum atomic E-state index is 0.602. The van der Waals surface area contributed by atoms with Crippen LogP contribution in [0.1, 0.15) is 20.8 Å². The fourth-order valence-corrected chi connectivity index (χ4v) is 0.921. The Hall–Kier alpha value is -0.110. The van der Waals surface area contributed by atoms with Crippen molar-refractivity contribution in [2.24, 2.45) is 0 Å². The van der Waals surface area contributed by atoms with Crippen molar-refractivity contribution in [3.8, 4) is 0 Å². The minimum absolute atomic E-state index is 0.602. The number of hydrogen-bond donors (Lipinski definition) is 1. The van der Waals surface area contributed by atoms with Crippen LogP contribution in [0.5, 0.6) is 0 Å². The molecule has 2 heteroatoms. The molecule has 0 radical (unpaired) electrons. The summed E-state index contributed by atoms with van der Waals surface area (Å²) in [6.45, 7) is 6.13. The standard InChI is InChI=1S/C4H7NS.C2H6/c1-4-5-2-3-6-4;1-2/h2-5H,1H3;1-2H3. The summed E-state index contributed by atoms with van der Waals surface area (Å²) in [5.74, 6) is 0. The number of hydrogen-bond acceptors (Lipinski definition) is 2. The Bertz CT molecular complexity index is 62.9. The maximum absolute atomic E-state index is 3.10. The molecule has 48 valence electrons. The van der Waals surface area contributed by atoms with Gasteiger partial charge >= 0.3 is 0 Å². The molecule has 0 saturated carbocycles. The van der Waals surface area contributed by atoms with Crippen LogP contribution in [0.3, 0.4) is 0 Å². The van der Waals surface area contributed by atoms with E-state index in [1.165, 1.54) is 0 Å². The molecule has 0 spiro atoms. The van der Waals surface area contributed by atoms with Crippen LogP contribution in [0, 0.1) is 0 Å². The molecular formula is C6H13NS. The first kappa shape index (κ1) is 7.89. The fourth-order valence-electron chi connectivity index (χ4n) is 0.371. The van der Waals surface area contributed by atoms with Crippen molar-refractivity contribution in [1.29, 1.82) is 0 Å².